The average molecular weight is 273 g/mol. The Bertz CT molecular complexity index is 485. The predicted octanol–water partition coefficient (Wildman–Crippen LogP) is 2.12. The van der Waals surface area contributed by atoms with Crippen LogP contribution in [0.1, 0.15) is 5.56 Å². The van der Waals surface area contributed by atoms with E-state index in [1.54, 1.807) is 24.2 Å². The van der Waals surface area contributed by atoms with Crippen molar-refractivity contribution in [1.29, 1.82) is 0 Å². The molecular weight excluding hydrogens is 254 g/mol. The Morgan fingerprint density at radius 3 is 2.55 bits per heavy atom. The highest BCUT2D eigenvalue weighted by Gasteiger charge is 2.13. The van der Waals surface area contributed by atoms with E-state index in [4.69, 9.17) is 9.47 Å². The molecule has 4 nitrogen and oxygen atoms in total. The summed E-state index contributed by atoms with van der Waals surface area (Å²) in [6, 6.07) is 7.74. The first kappa shape index (κ1) is 14.3. The maximum atomic E-state index is 11.8. The molecule has 2 rings (SSSR count). The molecule has 0 bridgehead atoms. The Labute approximate surface area is 119 Å². The first-order valence-corrected chi connectivity index (χ1v) is 6.65. The van der Waals surface area contributed by atoms with E-state index in [1.165, 1.54) is 0 Å². The lowest BCUT2D eigenvalue weighted by atomic mass is 10.2. The molecule has 20 heavy (non-hydrogen) atoms. The number of morpholine rings is 1. The van der Waals surface area contributed by atoms with Crippen molar-refractivity contribution in [2.45, 2.75) is 0 Å². The Kier molecular flexibility index (Phi) is 5.38. The largest absolute Gasteiger partial charge is 0.497 e. The standard InChI is InChI=1S/C16H19NO3/c1-19-15-8-6-14(7-9-15)4-2-3-5-16(18)17-10-12-20-13-11-17/h2-9H,10-13H2,1H3/b4-2+,5-3+. The third-order valence-corrected chi connectivity index (χ3v) is 3.08. The van der Waals surface area contributed by atoms with Crippen LogP contribution in [-0.2, 0) is 9.53 Å². The van der Waals surface area contributed by atoms with Gasteiger partial charge in [-0.1, -0.05) is 30.4 Å². The monoisotopic (exact) mass is 273 g/mol. The lowest BCUT2D eigenvalue weighted by Crippen LogP contribution is -2.39. The second kappa shape index (κ2) is 7.50. The minimum atomic E-state index is 0.0349. The molecule has 4 heteroatoms. The maximum Gasteiger partial charge on any atom is 0.246 e. The van der Waals surface area contributed by atoms with Gasteiger partial charge in [0, 0.05) is 19.2 Å². The molecule has 1 aliphatic heterocycles. The highest BCUT2D eigenvalue weighted by molar-refractivity contribution is 5.88. The summed E-state index contributed by atoms with van der Waals surface area (Å²) in [7, 11) is 1.64. The molecule has 0 atom stereocenters. The zero-order valence-electron chi connectivity index (χ0n) is 11.6. The number of allylic oxidation sites excluding steroid dienone is 2. The van der Waals surface area contributed by atoms with Gasteiger partial charge in [-0.05, 0) is 17.7 Å². The zero-order chi connectivity index (χ0) is 14.2. The lowest BCUT2D eigenvalue weighted by molar-refractivity contribution is -0.129. The van der Waals surface area contributed by atoms with Crippen molar-refractivity contribution < 1.29 is 14.3 Å². The summed E-state index contributed by atoms with van der Waals surface area (Å²) in [6.07, 6.45) is 7.16. The van der Waals surface area contributed by atoms with Gasteiger partial charge in [0.25, 0.3) is 0 Å². The topological polar surface area (TPSA) is 38.8 Å². The van der Waals surface area contributed by atoms with Crippen molar-refractivity contribution in [3.8, 4) is 5.75 Å². The average Bonchev–Trinajstić information content (AvgIpc) is 2.53. The Morgan fingerprint density at radius 2 is 1.90 bits per heavy atom. The van der Waals surface area contributed by atoms with Crippen molar-refractivity contribution in [1.82, 2.24) is 4.90 Å². The number of hydrogen-bond acceptors (Lipinski definition) is 3. The summed E-state index contributed by atoms with van der Waals surface area (Å²) in [4.78, 5) is 13.6. The molecule has 0 spiro atoms. The molecule has 1 heterocycles. The van der Waals surface area contributed by atoms with Gasteiger partial charge in [-0.15, -0.1) is 0 Å². The molecule has 1 aliphatic rings. The van der Waals surface area contributed by atoms with Crippen LogP contribution in [0.2, 0.25) is 0 Å². The molecule has 0 N–H and O–H groups in total. The molecule has 0 aliphatic carbocycles. The Balaban J connectivity index is 1.84. The fraction of sp³-hybridized carbons (Fsp3) is 0.312. The number of nitrogens with zero attached hydrogens (tertiary/aromatic N) is 1. The third kappa shape index (κ3) is 4.24. The highest BCUT2D eigenvalue weighted by Crippen LogP contribution is 2.12. The fourth-order valence-corrected chi connectivity index (χ4v) is 1.91. The van der Waals surface area contributed by atoms with Crippen LogP contribution in [-0.4, -0.2) is 44.2 Å². The molecule has 1 saturated heterocycles. The van der Waals surface area contributed by atoms with Gasteiger partial charge in [-0.3, -0.25) is 4.79 Å². The van der Waals surface area contributed by atoms with Gasteiger partial charge in [-0.25, -0.2) is 0 Å². The summed E-state index contributed by atoms with van der Waals surface area (Å²) < 4.78 is 10.3. The molecule has 1 amide bonds. The summed E-state index contributed by atoms with van der Waals surface area (Å²) in [5, 5.41) is 0. The predicted molar refractivity (Wildman–Crippen MR) is 78.6 cm³/mol. The van der Waals surface area contributed by atoms with Crippen molar-refractivity contribution >= 4 is 12.0 Å². The van der Waals surface area contributed by atoms with E-state index in [1.807, 2.05) is 36.4 Å². The van der Waals surface area contributed by atoms with Gasteiger partial charge in [-0.2, -0.15) is 0 Å². The molecule has 0 unspecified atom stereocenters. The van der Waals surface area contributed by atoms with Crippen LogP contribution in [0.3, 0.4) is 0 Å². The van der Waals surface area contributed by atoms with Crippen LogP contribution >= 0.6 is 0 Å². The summed E-state index contributed by atoms with van der Waals surface area (Å²) in [5.74, 6) is 0.868. The van der Waals surface area contributed by atoms with E-state index >= 15 is 0 Å². The first-order chi connectivity index (χ1) is 9.79. The van der Waals surface area contributed by atoms with Crippen molar-refractivity contribution in [3.05, 3.63) is 48.1 Å². The number of rotatable bonds is 4. The van der Waals surface area contributed by atoms with Gasteiger partial charge >= 0.3 is 0 Å². The molecule has 1 aromatic rings. The summed E-state index contributed by atoms with van der Waals surface area (Å²) >= 11 is 0. The zero-order valence-corrected chi connectivity index (χ0v) is 11.6. The third-order valence-electron chi connectivity index (χ3n) is 3.08. The molecule has 1 fully saturated rings. The minimum absolute atomic E-state index is 0.0349. The molecule has 0 saturated carbocycles. The van der Waals surface area contributed by atoms with E-state index < -0.39 is 0 Å². The second-order valence-corrected chi connectivity index (χ2v) is 4.43. The smallest absolute Gasteiger partial charge is 0.246 e. The van der Waals surface area contributed by atoms with E-state index in [0.29, 0.717) is 26.3 Å². The number of carbonyl (C=O) groups excluding carboxylic acids is 1. The number of ether oxygens (including phenoxy) is 2. The van der Waals surface area contributed by atoms with Gasteiger partial charge in [0.15, 0.2) is 0 Å². The maximum absolute atomic E-state index is 11.8. The Hall–Kier alpha value is -2.07. The molecule has 0 aromatic heterocycles. The van der Waals surface area contributed by atoms with E-state index in [2.05, 4.69) is 0 Å². The summed E-state index contributed by atoms with van der Waals surface area (Å²) in [6.45, 7) is 2.60. The number of amides is 1. The van der Waals surface area contributed by atoms with Crippen molar-refractivity contribution in [2.24, 2.45) is 0 Å². The van der Waals surface area contributed by atoms with Gasteiger partial charge in [0.05, 0.1) is 20.3 Å². The SMILES string of the molecule is COc1ccc(/C=C/C=C/C(=O)N2CCOCC2)cc1. The molecular formula is C16H19NO3. The van der Waals surface area contributed by atoms with Crippen LogP contribution in [0, 0.1) is 0 Å². The fourth-order valence-electron chi connectivity index (χ4n) is 1.91. The highest BCUT2D eigenvalue weighted by atomic mass is 16.5. The van der Waals surface area contributed by atoms with Crippen LogP contribution in [0.5, 0.6) is 5.75 Å². The minimum Gasteiger partial charge on any atom is -0.497 e. The molecule has 1 aromatic carbocycles. The Morgan fingerprint density at radius 1 is 1.20 bits per heavy atom. The van der Waals surface area contributed by atoms with E-state index in [9.17, 15) is 4.79 Å². The lowest BCUT2D eigenvalue weighted by Gasteiger charge is -2.25. The van der Waals surface area contributed by atoms with Crippen molar-refractivity contribution in [2.75, 3.05) is 33.4 Å². The van der Waals surface area contributed by atoms with Crippen LogP contribution in [0.25, 0.3) is 6.08 Å². The number of methoxy groups -OCH3 is 1. The molecule has 106 valence electrons. The van der Waals surface area contributed by atoms with Gasteiger partial charge < -0.3 is 14.4 Å². The number of benzene rings is 1. The van der Waals surface area contributed by atoms with Crippen LogP contribution < -0.4 is 4.74 Å². The van der Waals surface area contributed by atoms with Crippen LogP contribution in [0.4, 0.5) is 0 Å². The van der Waals surface area contributed by atoms with E-state index in [-0.39, 0.29) is 5.91 Å². The quantitative estimate of drug-likeness (QED) is 0.623. The first-order valence-electron chi connectivity index (χ1n) is 6.65. The second-order valence-electron chi connectivity index (χ2n) is 4.43. The van der Waals surface area contributed by atoms with Gasteiger partial charge in [0.1, 0.15) is 5.75 Å². The summed E-state index contributed by atoms with van der Waals surface area (Å²) in [5.41, 5.74) is 1.06. The number of hydrogen-bond donors (Lipinski definition) is 0. The van der Waals surface area contributed by atoms with Gasteiger partial charge in [0.2, 0.25) is 5.91 Å². The van der Waals surface area contributed by atoms with Crippen molar-refractivity contribution in [3.63, 3.8) is 0 Å². The van der Waals surface area contributed by atoms with E-state index in [0.717, 1.165) is 11.3 Å². The molecule has 0 radical (unpaired) electrons. The normalized spacial score (nSPS) is 15.9. The van der Waals surface area contributed by atoms with Crippen LogP contribution in [0.15, 0.2) is 42.5 Å². The number of carbonyl (C=O) groups is 1.